The van der Waals surface area contributed by atoms with Crippen molar-refractivity contribution in [3.05, 3.63) is 12.2 Å². The first-order chi connectivity index (χ1) is 5.56. The second-order valence-electron chi connectivity index (χ2n) is 2.80. The normalized spacial score (nSPS) is 12.5. The van der Waals surface area contributed by atoms with Crippen LogP contribution in [-0.2, 0) is 10.0 Å². The van der Waals surface area contributed by atoms with Crippen molar-refractivity contribution in [3.8, 4) is 0 Å². The molecule has 72 valence electrons. The molecule has 4 heteroatoms. The number of sulfonamides is 1. The number of unbranched alkanes of at least 4 members (excludes halogenated alkanes) is 3. The molecule has 0 bridgehead atoms. The topological polar surface area (TPSA) is 60.2 Å². The molecular formula is C8H17NO2S. The van der Waals surface area contributed by atoms with E-state index in [1.807, 2.05) is 6.08 Å². The highest BCUT2D eigenvalue weighted by Gasteiger charge is 1.95. The van der Waals surface area contributed by atoms with Gasteiger partial charge >= 0.3 is 0 Å². The zero-order valence-electron chi connectivity index (χ0n) is 7.49. The highest BCUT2D eigenvalue weighted by atomic mass is 32.2. The number of primary sulfonamides is 1. The van der Waals surface area contributed by atoms with Crippen LogP contribution in [-0.4, -0.2) is 14.2 Å². The lowest BCUT2D eigenvalue weighted by Crippen LogP contribution is -2.14. The van der Waals surface area contributed by atoms with Crippen LogP contribution in [0.2, 0.25) is 0 Å². The Morgan fingerprint density at radius 1 is 1.25 bits per heavy atom. The lowest BCUT2D eigenvalue weighted by atomic mass is 10.2. The standard InChI is InChI=1S/C8H17NO2S/c1-2-3-4-5-6-7-8-12(9,10)11/h6-7H,2-5,8H2,1H3,(H2,9,10,11). The Morgan fingerprint density at radius 2 is 1.92 bits per heavy atom. The van der Waals surface area contributed by atoms with E-state index < -0.39 is 10.0 Å². The van der Waals surface area contributed by atoms with Crippen molar-refractivity contribution in [2.24, 2.45) is 5.14 Å². The quantitative estimate of drug-likeness (QED) is 0.509. The summed E-state index contributed by atoms with van der Waals surface area (Å²) < 4.78 is 20.9. The van der Waals surface area contributed by atoms with Gasteiger partial charge in [0.15, 0.2) is 0 Å². The second kappa shape index (κ2) is 6.20. The summed E-state index contributed by atoms with van der Waals surface area (Å²) in [4.78, 5) is 0. The fraction of sp³-hybridized carbons (Fsp3) is 0.750. The van der Waals surface area contributed by atoms with Gasteiger partial charge in [-0.2, -0.15) is 0 Å². The molecule has 0 fully saturated rings. The summed E-state index contributed by atoms with van der Waals surface area (Å²) in [6.07, 6.45) is 7.94. The first-order valence-corrected chi connectivity index (χ1v) is 5.93. The summed E-state index contributed by atoms with van der Waals surface area (Å²) in [5.41, 5.74) is 0. The average Bonchev–Trinajstić information content (AvgIpc) is 1.94. The van der Waals surface area contributed by atoms with Crippen LogP contribution in [0, 0.1) is 0 Å². The van der Waals surface area contributed by atoms with Crippen LogP contribution in [0.4, 0.5) is 0 Å². The number of hydrogen-bond acceptors (Lipinski definition) is 2. The van der Waals surface area contributed by atoms with E-state index in [1.165, 1.54) is 12.8 Å². The van der Waals surface area contributed by atoms with Gasteiger partial charge in [0.25, 0.3) is 0 Å². The minimum atomic E-state index is -3.30. The van der Waals surface area contributed by atoms with Gasteiger partial charge < -0.3 is 0 Å². The van der Waals surface area contributed by atoms with Gasteiger partial charge in [0, 0.05) is 0 Å². The number of hydrogen-bond donors (Lipinski definition) is 1. The Morgan fingerprint density at radius 3 is 2.42 bits per heavy atom. The van der Waals surface area contributed by atoms with E-state index in [0.717, 1.165) is 12.8 Å². The van der Waals surface area contributed by atoms with Gasteiger partial charge in [-0.05, 0) is 12.8 Å². The first kappa shape index (κ1) is 11.6. The Hall–Kier alpha value is -0.350. The Bertz CT molecular complexity index is 219. The van der Waals surface area contributed by atoms with Gasteiger partial charge in [-0.25, -0.2) is 13.6 Å². The van der Waals surface area contributed by atoms with Gasteiger partial charge in [-0.3, -0.25) is 0 Å². The maximum Gasteiger partial charge on any atom is 0.212 e. The first-order valence-electron chi connectivity index (χ1n) is 4.21. The molecule has 0 aromatic heterocycles. The predicted octanol–water partition coefficient (Wildman–Crippen LogP) is 1.41. The number of rotatable bonds is 6. The lowest BCUT2D eigenvalue weighted by Gasteiger charge is -1.91. The molecule has 0 radical (unpaired) electrons. The van der Waals surface area contributed by atoms with Crippen molar-refractivity contribution in [2.75, 3.05) is 5.75 Å². The third-order valence-electron chi connectivity index (χ3n) is 1.47. The van der Waals surface area contributed by atoms with Gasteiger partial charge in [-0.15, -0.1) is 0 Å². The van der Waals surface area contributed by atoms with Crippen LogP contribution in [0.25, 0.3) is 0 Å². The summed E-state index contributed by atoms with van der Waals surface area (Å²) in [6, 6.07) is 0. The number of nitrogens with two attached hydrogens (primary N) is 1. The zero-order chi connectivity index (χ0) is 9.45. The second-order valence-corrected chi connectivity index (χ2v) is 4.46. The predicted molar refractivity (Wildman–Crippen MR) is 51.3 cm³/mol. The molecule has 0 aliphatic heterocycles. The SMILES string of the molecule is CCCCCC=CCS(N)(=O)=O. The molecule has 12 heavy (non-hydrogen) atoms. The van der Waals surface area contributed by atoms with Crippen molar-refractivity contribution in [3.63, 3.8) is 0 Å². The van der Waals surface area contributed by atoms with E-state index in [2.05, 4.69) is 6.92 Å². The van der Waals surface area contributed by atoms with Gasteiger partial charge in [0.2, 0.25) is 10.0 Å². The number of allylic oxidation sites excluding steroid dienone is 1. The van der Waals surface area contributed by atoms with E-state index in [9.17, 15) is 8.42 Å². The van der Waals surface area contributed by atoms with Crippen molar-refractivity contribution in [1.29, 1.82) is 0 Å². The van der Waals surface area contributed by atoms with Crippen molar-refractivity contribution < 1.29 is 8.42 Å². The molecule has 0 amide bonds. The molecule has 0 aliphatic rings. The largest absolute Gasteiger partial charge is 0.228 e. The molecule has 0 aromatic carbocycles. The van der Waals surface area contributed by atoms with Crippen LogP contribution >= 0.6 is 0 Å². The smallest absolute Gasteiger partial charge is 0.212 e. The van der Waals surface area contributed by atoms with Gasteiger partial charge in [-0.1, -0.05) is 31.9 Å². The highest BCUT2D eigenvalue weighted by Crippen LogP contribution is 1.99. The Kier molecular flexibility index (Phi) is 6.02. The molecule has 0 atom stereocenters. The molecule has 0 heterocycles. The summed E-state index contributed by atoms with van der Waals surface area (Å²) in [7, 11) is -3.30. The monoisotopic (exact) mass is 191 g/mol. The fourth-order valence-corrected chi connectivity index (χ4v) is 1.24. The van der Waals surface area contributed by atoms with E-state index in [1.54, 1.807) is 6.08 Å². The molecule has 2 N–H and O–H groups in total. The average molecular weight is 191 g/mol. The molecule has 0 unspecified atom stereocenters. The van der Waals surface area contributed by atoms with Gasteiger partial charge in [0.1, 0.15) is 0 Å². The van der Waals surface area contributed by atoms with Gasteiger partial charge in [0.05, 0.1) is 5.75 Å². The summed E-state index contributed by atoms with van der Waals surface area (Å²) in [6.45, 7) is 2.13. The van der Waals surface area contributed by atoms with Crippen LogP contribution in [0.5, 0.6) is 0 Å². The zero-order valence-corrected chi connectivity index (χ0v) is 8.31. The third-order valence-corrected chi connectivity index (χ3v) is 2.13. The molecular weight excluding hydrogens is 174 g/mol. The third kappa shape index (κ3) is 9.65. The Labute approximate surface area is 74.7 Å². The van der Waals surface area contributed by atoms with Crippen LogP contribution < -0.4 is 5.14 Å². The maximum atomic E-state index is 10.4. The molecule has 3 nitrogen and oxygen atoms in total. The summed E-state index contributed by atoms with van der Waals surface area (Å²) in [5.74, 6) is -0.0425. The molecule has 0 aliphatic carbocycles. The van der Waals surface area contributed by atoms with E-state index in [-0.39, 0.29) is 5.75 Å². The summed E-state index contributed by atoms with van der Waals surface area (Å²) in [5, 5.41) is 4.80. The summed E-state index contributed by atoms with van der Waals surface area (Å²) >= 11 is 0. The minimum absolute atomic E-state index is 0.0425. The van der Waals surface area contributed by atoms with Crippen molar-refractivity contribution in [2.45, 2.75) is 32.6 Å². The van der Waals surface area contributed by atoms with E-state index >= 15 is 0 Å². The van der Waals surface area contributed by atoms with Crippen LogP contribution in [0.1, 0.15) is 32.6 Å². The molecule has 0 saturated carbocycles. The fourth-order valence-electron chi connectivity index (χ4n) is 0.832. The molecule has 0 spiro atoms. The van der Waals surface area contributed by atoms with E-state index in [0.29, 0.717) is 0 Å². The highest BCUT2D eigenvalue weighted by molar-refractivity contribution is 7.89. The minimum Gasteiger partial charge on any atom is -0.228 e. The van der Waals surface area contributed by atoms with Crippen molar-refractivity contribution >= 4 is 10.0 Å². The van der Waals surface area contributed by atoms with Crippen LogP contribution in [0.3, 0.4) is 0 Å². The maximum absolute atomic E-state index is 10.4. The molecule has 0 saturated heterocycles. The van der Waals surface area contributed by atoms with E-state index in [4.69, 9.17) is 5.14 Å². The molecule has 0 rings (SSSR count). The molecule has 0 aromatic rings. The van der Waals surface area contributed by atoms with Crippen molar-refractivity contribution in [1.82, 2.24) is 0 Å². The Balaban J connectivity index is 3.39. The lowest BCUT2D eigenvalue weighted by molar-refractivity contribution is 0.600. The van der Waals surface area contributed by atoms with Crippen LogP contribution in [0.15, 0.2) is 12.2 Å².